The Morgan fingerprint density at radius 3 is 2.18 bits per heavy atom. The molecule has 0 radical (unpaired) electrons. The van der Waals surface area contributed by atoms with Gasteiger partial charge in [0.05, 0.1) is 11.9 Å². The van der Waals surface area contributed by atoms with E-state index in [4.69, 9.17) is 23.2 Å². The van der Waals surface area contributed by atoms with Crippen LogP contribution in [-0.4, -0.2) is 50.5 Å². The van der Waals surface area contributed by atoms with Crippen molar-refractivity contribution >= 4 is 50.7 Å². The van der Waals surface area contributed by atoms with E-state index in [0.29, 0.717) is 27.8 Å². The van der Waals surface area contributed by atoms with Gasteiger partial charge in [-0.05, 0) is 49.6 Å². The molecule has 0 aromatic heterocycles. The molecule has 0 heterocycles. The van der Waals surface area contributed by atoms with Crippen molar-refractivity contribution in [1.29, 1.82) is 0 Å². The van der Waals surface area contributed by atoms with Gasteiger partial charge in [-0.15, -0.1) is 0 Å². The molecule has 186 valence electrons. The van der Waals surface area contributed by atoms with Crippen LogP contribution in [0.2, 0.25) is 10.0 Å². The number of hydrogen-bond acceptors (Lipinski definition) is 4. The average Bonchev–Trinajstić information content (AvgIpc) is 2.74. The third kappa shape index (κ3) is 7.89. The Kier molecular flexibility index (Phi) is 9.79. The van der Waals surface area contributed by atoms with E-state index in [1.165, 1.54) is 4.90 Å². The fourth-order valence-electron chi connectivity index (χ4n) is 3.19. The lowest BCUT2D eigenvalue weighted by molar-refractivity contribution is -0.139. The average molecular weight is 529 g/mol. The molecule has 2 amide bonds. The van der Waals surface area contributed by atoms with Gasteiger partial charge in [0.1, 0.15) is 12.6 Å². The summed E-state index contributed by atoms with van der Waals surface area (Å²) < 4.78 is 26.1. The van der Waals surface area contributed by atoms with E-state index in [9.17, 15) is 18.0 Å². The van der Waals surface area contributed by atoms with E-state index in [-0.39, 0.29) is 18.4 Å². The number of halogens is 2. The van der Waals surface area contributed by atoms with Crippen LogP contribution in [-0.2, 0) is 26.2 Å². The van der Waals surface area contributed by atoms with E-state index < -0.39 is 28.5 Å². The van der Waals surface area contributed by atoms with E-state index in [1.807, 2.05) is 20.8 Å². The molecule has 2 aromatic rings. The normalized spacial score (nSPS) is 12.4. The quantitative estimate of drug-likeness (QED) is 0.500. The number of aryl methyl sites for hydroxylation is 1. The summed E-state index contributed by atoms with van der Waals surface area (Å²) in [5.74, 6) is -0.647. The lowest BCUT2D eigenvalue weighted by Gasteiger charge is -2.32. The summed E-state index contributed by atoms with van der Waals surface area (Å²) >= 11 is 12.3. The molecule has 34 heavy (non-hydrogen) atoms. The minimum atomic E-state index is -3.77. The summed E-state index contributed by atoms with van der Waals surface area (Å²) in [6.45, 7) is 7.42. The van der Waals surface area contributed by atoms with Crippen molar-refractivity contribution in [3.05, 3.63) is 63.6 Å². The van der Waals surface area contributed by atoms with Gasteiger partial charge in [0.25, 0.3) is 0 Å². The zero-order valence-corrected chi connectivity index (χ0v) is 22.3. The largest absolute Gasteiger partial charge is 0.354 e. The van der Waals surface area contributed by atoms with Crippen molar-refractivity contribution < 1.29 is 18.0 Å². The molecule has 1 N–H and O–H groups in total. The standard InChI is InChI=1S/C24H31Cl2N3O4S/c1-16(2)13-27-24(31)18(4)28(14-19-8-9-20(25)12-22(19)26)23(30)15-29(34(5,32)33)21-10-6-17(3)7-11-21/h6-12,16,18H,13-15H2,1-5H3,(H,27,31). The molecule has 0 aliphatic rings. The summed E-state index contributed by atoms with van der Waals surface area (Å²) in [6, 6.07) is 10.8. The molecule has 7 nitrogen and oxygen atoms in total. The van der Waals surface area contributed by atoms with E-state index in [1.54, 1.807) is 49.4 Å². The van der Waals surface area contributed by atoms with Crippen LogP contribution >= 0.6 is 23.2 Å². The number of anilines is 1. The third-order valence-corrected chi connectivity index (χ3v) is 6.94. The topological polar surface area (TPSA) is 86.8 Å². The number of sulfonamides is 1. The van der Waals surface area contributed by atoms with Crippen LogP contribution in [0.3, 0.4) is 0 Å². The Hall–Kier alpha value is -2.29. The van der Waals surface area contributed by atoms with E-state index in [2.05, 4.69) is 5.32 Å². The second-order valence-electron chi connectivity index (χ2n) is 8.68. The monoisotopic (exact) mass is 527 g/mol. The first-order valence-corrected chi connectivity index (χ1v) is 13.5. The van der Waals surface area contributed by atoms with Crippen LogP contribution < -0.4 is 9.62 Å². The number of amides is 2. The van der Waals surface area contributed by atoms with Crippen LogP contribution in [0.5, 0.6) is 0 Å². The molecule has 10 heteroatoms. The van der Waals surface area contributed by atoms with Crippen molar-refractivity contribution in [1.82, 2.24) is 10.2 Å². The second kappa shape index (κ2) is 11.9. The van der Waals surface area contributed by atoms with Crippen molar-refractivity contribution in [3.8, 4) is 0 Å². The molecule has 1 unspecified atom stereocenters. The van der Waals surface area contributed by atoms with E-state index in [0.717, 1.165) is 16.1 Å². The maximum absolute atomic E-state index is 13.5. The molecule has 0 aliphatic carbocycles. The van der Waals surface area contributed by atoms with Gasteiger partial charge >= 0.3 is 0 Å². The summed E-state index contributed by atoms with van der Waals surface area (Å²) in [5, 5.41) is 3.62. The lowest BCUT2D eigenvalue weighted by Crippen LogP contribution is -2.51. The summed E-state index contributed by atoms with van der Waals surface area (Å²) in [5.41, 5.74) is 1.91. The minimum Gasteiger partial charge on any atom is -0.354 e. The predicted octanol–water partition coefficient (Wildman–Crippen LogP) is 4.26. The van der Waals surface area contributed by atoms with Crippen LogP contribution in [0.1, 0.15) is 31.9 Å². The molecule has 2 aromatic carbocycles. The predicted molar refractivity (Wildman–Crippen MR) is 138 cm³/mol. The van der Waals surface area contributed by atoms with Gasteiger partial charge in [0, 0.05) is 23.1 Å². The van der Waals surface area contributed by atoms with Crippen LogP contribution in [0, 0.1) is 12.8 Å². The molecule has 0 spiro atoms. The zero-order chi connectivity index (χ0) is 25.6. The zero-order valence-electron chi connectivity index (χ0n) is 20.0. The molecule has 0 bridgehead atoms. The van der Waals surface area contributed by atoms with Gasteiger partial charge in [-0.1, -0.05) is 60.8 Å². The highest BCUT2D eigenvalue weighted by Crippen LogP contribution is 2.24. The molecular formula is C24H31Cl2N3O4S. The molecular weight excluding hydrogens is 497 g/mol. The van der Waals surface area contributed by atoms with Crippen LogP contribution in [0.4, 0.5) is 5.69 Å². The first kappa shape index (κ1) is 28.0. The summed E-state index contributed by atoms with van der Waals surface area (Å²) in [7, 11) is -3.77. The maximum atomic E-state index is 13.5. The number of benzene rings is 2. The van der Waals surface area contributed by atoms with Gasteiger partial charge < -0.3 is 10.2 Å². The summed E-state index contributed by atoms with van der Waals surface area (Å²) in [6.07, 6.45) is 1.04. The minimum absolute atomic E-state index is 0.0105. The highest BCUT2D eigenvalue weighted by atomic mass is 35.5. The number of nitrogens with zero attached hydrogens (tertiary/aromatic N) is 2. The number of carbonyl (C=O) groups excluding carboxylic acids is 2. The van der Waals surface area contributed by atoms with Gasteiger partial charge in [-0.2, -0.15) is 0 Å². The van der Waals surface area contributed by atoms with Gasteiger partial charge in [0.2, 0.25) is 21.8 Å². The number of nitrogens with one attached hydrogen (secondary N) is 1. The first-order valence-electron chi connectivity index (χ1n) is 10.8. The smallest absolute Gasteiger partial charge is 0.244 e. The van der Waals surface area contributed by atoms with Crippen molar-refractivity contribution in [2.24, 2.45) is 5.92 Å². The Labute approximate surface area is 212 Å². The molecule has 0 aliphatic heterocycles. The summed E-state index contributed by atoms with van der Waals surface area (Å²) in [4.78, 5) is 27.6. The Bertz CT molecular complexity index is 1120. The molecule has 0 saturated carbocycles. The Morgan fingerprint density at radius 1 is 1.03 bits per heavy atom. The third-order valence-electron chi connectivity index (χ3n) is 5.21. The Morgan fingerprint density at radius 2 is 1.65 bits per heavy atom. The lowest BCUT2D eigenvalue weighted by atomic mass is 10.1. The fraction of sp³-hybridized carbons (Fsp3) is 0.417. The van der Waals surface area contributed by atoms with E-state index >= 15 is 0 Å². The van der Waals surface area contributed by atoms with Gasteiger partial charge in [0.15, 0.2) is 0 Å². The first-order chi connectivity index (χ1) is 15.8. The fourth-order valence-corrected chi connectivity index (χ4v) is 4.51. The molecule has 0 saturated heterocycles. The second-order valence-corrected chi connectivity index (χ2v) is 11.4. The number of rotatable bonds is 10. The highest BCUT2D eigenvalue weighted by Gasteiger charge is 2.30. The van der Waals surface area contributed by atoms with Crippen molar-refractivity contribution in [3.63, 3.8) is 0 Å². The van der Waals surface area contributed by atoms with Crippen molar-refractivity contribution in [2.75, 3.05) is 23.7 Å². The molecule has 1 atom stereocenters. The van der Waals surface area contributed by atoms with Crippen LogP contribution in [0.15, 0.2) is 42.5 Å². The van der Waals surface area contributed by atoms with Crippen LogP contribution in [0.25, 0.3) is 0 Å². The maximum Gasteiger partial charge on any atom is 0.244 e. The Balaban J connectivity index is 2.39. The number of carbonyl (C=O) groups is 2. The highest BCUT2D eigenvalue weighted by molar-refractivity contribution is 7.92. The molecule has 0 fully saturated rings. The number of hydrogen-bond donors (Lipinski definition) is 1. The van der Waals surface area contributed by atoms with Gasteiger partial charge in [-0.25, -0.2) is 8.42 Å². The van der Waals surface area contributed by atoms with Crippen molar-refractivity contribution in [2.45, 2.75) is 40.3 Å². The SMILES string of the molecule is Cc1ccc(N(CC(=O)N(Cc2ccc(Cl)cc2Cl)C(C)C(=O)NCC(C)C)S(C)(=O)=O)cc1. The molecule has 2 rings (SSSR count). The van der Waals surface area contributed by atoms with Gasteiger partial charge in [-0.3, -0.25) is 13.9 Å².